The van der Waals surface area contributed by atoms with Gasteiger partial charge in [-0.05, 0) is 44.0 Å². The van der Waals surface area contributed by atoms with Crippen LogP contribution in [0, 0.1) is 5.82 Å². The summed E-state index contributed by atoms with van der Waals surface area (Å²) in [6.45, 7) is 3.14. The molecule has 1 aromatic carbocycles. The molecule has 0 saturated carbocycles. The van der Waals surface area contributed by atoms with Gasteiger partial charge < -0.3 is 5.32 Å². The molecule has 2 bridgehead atoms. The number of nitrogens with one attached hydrogen (secondary N) is 1. The van der Waals surface area contributed by atoms with Gasteiger partial charge in [0.25, 0.3) is 0 Å². The summed E-state index contributed by atoms with van der Waals surface area (Å²) in [6.07, 6.45) is 3.83. The van der Waals surface area contributed by atoms with Gasteiger partial charge in [0.1, 0.15) is 10.8 Å². The van der Waals surface area contributed by atoms with E-state index in [-0.39, 0.29) is 5.82 Å². The maximum absolute atomic E-state index is 13.3. The van der Waals surface area contributed by atoms with Crippen LogP contribution in [0.4, 0.5) is 4.39 Å². The van der Waals surface area contributed by atoms with E-state index >= 15 is 0 Å². The molecule has 20 heavy (non-hydrogen) atoms. The van der Waals surface area contributed by atoms with Crippen molar-refractivity contribution in [1.29, 1.82) is 0 Å². The van der Waals surface area contributed by atoms with Crippen LogP contribution in [0.2, 0.25) is 0 Å². The number of fused-ring (bicyclic) bond motifs is 3. The number of rotatable bonds is 2. The van der Waals surface area contributed by atoms with Crippen molar-refractivity contribution in [2.24, 2.45) is 0 Å². The van der Waals surface area contributed by atoms with E-state index in [0.29, 0.717) is 12.1 Å². The van der Waals surface area contributed by atoms with Crippen LogP contribution < -0.4 is 5.32 Å². The molecule has 3 nitrogen and oxygen atoms in total. The van der Waals surface area contributed by atoms with Gasteiger partial charge >= 0.3 is 0 Å². The second-order valence-corrected chi connectivity index (χ2v) is 6.88. The van der Waals surface area contributed by atoms with E-state index in [1.54, 1.807) is 23.5 Å². The van der Waals surface area contributed by atoms with Crippen LogP contribution >= 0.6 is 11.3 Å². The Morgan fingerprint density at radius 2 is 2.20 bits per heavy atom. The standard InChI is InChI=1S/C15H18FN3S/c16-10-1-4-13-14(7-10)20-15(18-13)9-19-11-2-3-12(19)8-17-6-5-11/h1,4,7,11-12,17H,2-3,5-6,8-9H2. The highest BCUT2D eigenvalue weighted by Crippen LogP contribution is 2.31. The van der Waals surface area contributed by atoms with E-state index in [1.807, 2.05) is 0 Å². The molecule has 2 aliphatic heterocycles. The van der Waals surface area contributed by atoms with Gasteiger partial charge in [0.15, 0.2) is 0 Å². The third-order valence-corrected chi connectivity index (χ3v) is 5.52. The molecule has 0 aliphatic carbocycles. The third-order valence-electron chi connectivity index (χ3n) is 4.52. The fourth-order valence-electron chi connectivity index (χ4n) is 3.51. The first-order valence-corrected chi connectivity index (χ1v) is 8.13. The topological polar surface area (TPSA) is 28.2 Å². The first-order chi connectivity index (χ1) is 9.79. The molecule has 2 aromatic rings. The summed E-state index contributed by atoms with van der Waals surface area (Å²) in [5, 5.41) is 4.64. The smallest absolute Gasteiger partial charge is 0.124 e. The predicted octanol–water partition coefficient (Wildman–Crippen LogP) is 2.76. The summed E-state index contributed by atoms with van der Waals surface area (Å²) in [7, 11) is 0. The minimum atomic E-state index is -0.174. The minimum Gasteiger partial charge on any atom is -0.315 e. The number of benzene rings is 1. The van der Waals surface area contributed by atoms with Crippen LogP contribution in [-0.4, -0.2) is 35.1 Å². The van der Waals surface area contributed by atoms with Crippen LogP contribution in [0.3, 0.4) is 0 Å². The molecular formula is C15H18FN3S. The lowest BCUT2D eigenvalue weighted by Gasteiger charge is -2.26. The van der Waals surface area contributed by atoms with Crippen LogP contribution in [0.1, 0.15) is 24.3 Å². The van der Waals surface area contributed by atoms with Gasteiger partial charge in [-0.15, -0.1) is 11.3 Å². The van der Waals surface area contributed by atoms with Crippen LogP contribution in [0.25, 0.3) is 10.2 Å². The Morgan fingerprint density at radius 3 is 3.15 bits per heavy atom. The largest absolute Gasteiger partial charge is 0.315 e. The van der Waals surface area contributed by atoms with Gasteiger partial charge in [-0.25, -0.2) is 9.37 Å². The average Bonchev–Trinajstić information content (AvgIpc) is 2.90. The van der Waals surface area contributed by atoms with Crippen molar-refractivity contribution in [3.8, 4) is 0 Å². The number of hydrogen-bond donors (Lipinski definition) is 1. The van der Waals surface area contributed by atoms with Gasteiger partial charge in [0.2, 0.25) is 0 Å². The fourth-order valence-corrected chi connectivity index (χ4v) is 4.51. The minimum absolute atomic E-state index is 0.174. The molecule has 2 fully saturated rings. The second kappa shape index (κ2) is 5.06. The van der Waals surface area contributed by atoms with Crippen molar-refractivity contribution in [1.82, 2.24) is 15.2 Å². The maximum atomic E-state index is 13.3. The Hall–Kier alpha value is -1.04. The monoisotopic (exact) mass is 291 g/mol. The Kier molecular flexibility index (Phi) is 3.21. The number of thiazole rings is 1. The van der Waals surface area contributed by atoms with Crippen molar-refractivity contribution >= 4 is 21.6 Å². The zero-order valence-corrected chi connectivity index (χ0v) is 12.1. The zero-order valence-electron chi connectivity index (χ0n) is 11.3. The Bertz CT molecular complexity index is 613. The van der Waals surface area contributed by atoms with Crippen LogP contribution in [0.5, 0.6) is 0 Å². The molecule has 0 radical (unpaired) electrons. The molecule has 2 unspecified atom stereocenters. The Labute approximate surface area is 121 Å². The average molecular weight is 291 g/mol. The first-order valence-electron chi connectivity index (χ1n) is 7.31. The quantitative estimate of drug-likeness (QED) is 0.922. The summed E-state index contributed by atoms with van der Waals surface area (Å²) < 4.78 is 14.2. The number of aromatic nitrogens is 1. The van der Waals surface area contributed by atoms with Crippen molar-refractivity contribution in [3.63, 3.8) is 0 Å². The highest BCUT2D eigenvalue weighted by molar-refractivity contribution is 7.18. The summed E-state index contributed by atoms with van der Waals surface area (Å²) in [5.74, 6) is -0.174. The molecule has 106 valence electrons. The molecule has 4 rings (SSSR count). The molecule has 2 atom stereocenters. The predicted molar refractivity (Wildman–Crippen MR) is 79.4 cm³/mol. The zero-order chi connectivity index (χ0) is 13.5. The van der Waals surface area contributed by atoms with E-state index in [0.717, 1.165) is 34.9 Å². The van der Waals surface area contributed by atoms with Crippen molar-refractivity contribution in [2.45, 2.75) is 37.9 Å². The van der Waals surface area contributed by atoms with E-state index in [1.165, 1.54) is 25.3 Å². The molecule has 1 aromatic heterocycles. The maximum Gasteiger partial charge on any atom is 0.124 e. The van der Waals surface area contributed by atoms with Crippen LogP contribution in [0.15, 0.2) is 18.2 Å². The number of hydrogen-bond acceptors (Lipinski definition) is 4. The summed E-state index contributed by atoms with van der Waals surface area (Å²) in [6, 6.07) is 6.20. The second-order valence-electron chi connectivity index (χ2n) is 5.77. The Balaban J connectivity index is 1.60. The number of halogens is 1. The van der Waals surface area contributed by atoms with Crippen molar-refractivity contribution in [3.05, 3.63) is 29.0 Å². The van der Waals surface area contributed by atoms with E-state index < -0.39 is 0 Å². The van der Waals surface area contributed by atoms with Gasteiger partial charge in [0.05, 0.1) is 16.8 Å². The SMILES string of the molecule is Fc1ccc2nc(CN3C4CCNCC3CC4)sc2c1. The fraction of sp³-hybridized carbons (Fsp3) is 0.533. The third kappa shape index (κ3) is 2.24. The Morgan fingerprint density at radius 1 is 1.30 bits per heavy atom. The molecule has 3 heterocycles. The molecule has 5 heteroatoms. The summed E-state index contributed by atoms with van der Waals surface area (Å²) in [5.41, 5.74) is 0.923. The van der Waals surface area contributed by atoms with Crippen molar-refractivity contribution < 1.29 is 4.39 Å². The first kappa shape index (κ1) is 12.7. The molecule has 2 saturated heterocycles. The number of nitrogens with zero attached hydrogens (tertiary/aromatic N) is 2. The van der Waals surface area contributed by atoms with E-state index in [2.05, 4.69) is 15.2 Å². The lowest BCUT2D eigenvalue weighted by molar-refractivity contribution is 0.193. The van der Waals surface area contributed by atoms with Gasteiger partial charge in [-0.3, -0.25) is 4.90 Å². The highest BCUT2D eigenvalue weighted by Gasteiger charge is 2.35. The van der Waals surface area contributed by atoms with E-state index in [9.17, 15) is 4.39 Å². The molecular weight excluding hydrogens is 273 g/mol. The highest BCUT2D eigenvalue weighted by atomic mass is 32.1. The summed E-state index contributed by atoms with van der Waals surface area (Å²) in [4.78, 5) is 7.27. The van der Waals surface area contributed by atoms with Gasteiger partial charge in [-0.2, -0.15) is 0 Å². The lowest BCUT2D eigenvalue weighted by atomic mass is 10.1. The van der Waals surface area contributed by atoms with Gasteiger partial charge in [0, 0.05) is 18.6 Å². The van der Waals surface area contributed by atoms with E-state index in [4.69, 9.17) is 0 Å². The molecule has 0 amide bonds. The van der Waals surface area contributed by atoms with Crippen LogP contribution in [-0.2, 0) is 6.54 Å². The van der Waals surface area contributed by atoms with Gasteiger partial charge in [-0.1, -0.05) is 0 Å². The molecule has 0 spiro atoms. The summed E-state index contributed by atoms with van der Waals surface area (Å²) >= 11 is 1.63. The van der Waals surface area contributed by atoms with Crippen molar-refractivity contribution in [2.75, 3.05) is 13.1 Å². The molecule has 1 N–H and O–H groups in total. The normalized spacial score (nSPS) is 27.1. The molecule has 2 aliphatic rings. The lowest BCUT2D eigenvalue weighted by Crippen LogP contribution is -2.37.